The highest BCUT2D eigenvalue weighted by atomic mass is 32.2. The van der Waals surface area contributed by atoms with E-state index in [1.807, 2.05) is 4.72 Å². The third-order valence-corrected chi connectivity index (χ3v) is 6.97. The number of carbonyl (C=O) groups excluding carboxylic acids is 1. The minimum Gasteiger partial charge on any atom is -0.391 e. The van der Waals surface area contributed by atoms with Crippen molar-refractivity contribution in [2.75, 3.05) is 26.9 Å². The highest BCUT2D eigenvalue weighted by Crippen LogP contribution is 2.45. The lowest BCUT2D eigenvalue weighted by Crippen LogP contribution is -2.59. The molecule has 6 atom stereocenters. The van der Waals surface area contributed by atoms with Crippen LogP contribution < -0.4 is 4.72 Å². The van der Waals surface area contributed by atoms with Crippen LogP contribution in [0.15, 0.2) is 0 Å². The third-order valence-electron chi connectivity index (χ3n) is 5.50. The van der Waals surface area contributed by atoms with E-state index >= 15 is 4.39 Å². The van der Waals surface area contributed by atoms with E-state index in [0.717, 1.165) is 17.1 Å². The molecular formula is C15H25FN2O6S. The first-order chi connectivity index (χ1) is 11.8. The molecule has 0 aromatic carbocycles. The first kappa shape index (κ1) is 19.0. The van der Waals surface area contributed by atoms with E-state index < -0.39 is 41.0 Å². The van der Waals surface area contributed by atoms with Gasteiger partial charge < -0.3 is 14.6 Å². The van der Waals surface area contributed by atoms with Gasteiger partial charge >= 0.3 is 10.2 Å². The fraction of sp³-hybridized carbons (Fsp3) is 0.933. The average Bonchev–Trinajstić information content (AvgIpc) is 2.81. The van der Waals surface area contributed by atoms with Crippen molar-refractivity contribution in [3.05, 3.63) is 0 Å². The van der Waals surface area contributed by atoms with Crippen LogP contribution in [0.25, 0.3) is 0 Å². The molecule has 2 N–H and O–H groups in total. The van der Waals surface area contributed by atoms with Crippen LogP contribution >= 0.6 is 0 Å². The number of amides is 1. The largest absolute Gasteiger partial charge is 0.391 e. The second-order valence-corrected chi connectivity index (χ2v) is 8.66. The number of nitrogens with zero attached hydrogens (tertiary/aromatic N) is 1. The Morgan fingerprint density at radius 1 is 1.32 bits per heavy atom. The zero-order valence-corrected chi connectivity index (χ0v) is 15.0. The summed E-state index contributed by atoms with van der Waals surface area (Å²) < 4.78 is 52.6. The van der Waals surface area contributed by atoms with Crippen LogP contribution in [-0.2, 0) is 24.5 Å². The minimum absolute atomic E-state index is 0.00232. The summed E-state index contributed by atoms with van der Waals surface area (Å²) in [5.74, 6) is -1.09. The SMILES string of the molecule is COCCOC1CCC2CC(O)C(N3CC(=O)NS3(=O)=O)C(F)C2C1. The van der Waals surface area contributed by atoms with Crippen molar-refractivity contribution in [3.63, 3.8) is 0 Å². The Morgan fingerprint density at radius 2 is 2.08 bits per heavy atom. The topological polar surface area (TPSA) is 105 Å². The maximum Gasteiger partial charge on any atom is 0.304 e. The summed E-state index contributed by atoms with van der Waals surface area (Å²) in [7, 11) is -2.50. The molecule has 3 rings (SSSR count). The molecule has 0 radical (unpaired) electrons. The fourth-order valence-electron chi connectivity index (χ4n) is 4.35. The van der Waals surface area contributed by atoms with Gasteiger partial charge in [-0.3, -0.25) is 4.79 Å². The van der Waals surface area contributed by atoms with E-state index in [1.165, 1.54) is 0 Å². The normalized spacial score (nSPS) is 41.3. The smallest absolute Gasteiger partial charge is 0.304 e. The molecule has 8 nitrogen and oxygen atoms in total. The number of alkyl halides is 1. The molecule has 1 aliphatic heterocycles. The molecule has 0 spiro atoms. The van der Waals surface area contributed by atoms with E-state index in [-0.39, 0.29) is 17.9 Å². The lowest BCUT2D eigenvalue weighted by molar-refractivity contribution is -0.120. The molecule has 2 aliphatic carbocycles. The lowest BCUT2D eigenvalue weighted by atomic mass is 9.66. The molecule has 25 heavy (non-hydrogen) atoms. The number of aliphatic hydroxyl groups is 1. The molecule has 6 unspecified atom stereocenters. The Balaban J connectivity index is 1.72. The number of carbonyl (C=O) groups is 1. The van der Waals surface area contributed by atoms with Gasteiger partial charge in [-0.05, 0) is 37.5 Å². The average molecular weight is 380 g/mol. The highest BCUT2D eigenvalue weighted by Gasteiger charge is 2.53. The first-order valence-corrected chi connectivity index (χ1v) is 10.0. The van der Waals surface area contributed by atoms with Crippen molar-refractivity contribution < 1.29 is 32.2 Å². The van der Waals surface area contributed by atoms with Gasteiger partial charge in [0, 0.05) is 7.11 Å². The molecule has 0 aromatic rings. The predicted octanol–water partition coefficient (Wildman–Crippen LogP) is -0.418. The monoisotopic (exact) mass is 380 g/mol. The van der Waals surface area contributed by atoms with Crippen LogP contribution in [0.2, 0.25) is 0 Å². The number of rotatable bonds is 5. The molecule has 144 valence electrons. The van der Waals surface area contributed by atoms with Crippen molar-refractivity contribution in [2.45, 2.75) is 50.1 Å². The van der Waals surface area contributed by atoms with Gasteiger partial charge in [0.2, 0.25) is 5.91 Å². The molecule has 0 aromatic heterocycles. The van der Waals surface area contributed by atoms with Gasteiger partial charge in [0.1, 0.15) is 6.17 Å². The molecule has 0 bridgehead atoms. The van der Waals surface area contributed by atoms with Crippen molar-refractivity contribution in [3.8, 4) is 0 Å². The van der Waals surface area contributed by atoms with Crippen LogP contribution in [0, 0.1) is 11.8 Å². The van der Waals surface area contributed by atoms with Gasteiger partial charge in [0.15, 0.2) is 0 Å². The maximum atomic E-state index is 15.2. The Hall–Kier alpha value is -0.810. The second-order valence-electron chi connectivity index (χ2n) is 7.04. The van der Waals surface area contributed by atoms with Crippen LogP contribution in [0.1, 0.15) is 25.7 Å². The molecular weight excluding hydrogens is 355 g/mol. The molecule has 3 aliphatic rings. The number of fused-ring (bicyclic) bond motifs is 1. The van der Waals surface area contributed by atoms with Crippen molar-refractivity contribution in [1.29, 1.82) is 0 Å². The van der Waals surface area contributed by atoms with Crippen molar-refractivity contribution in [1.82, 2.24) is 9.03 Å². The quantitative estimate of drug-likeness (QED) is 0.628. The molecule has 10 heteroatoms. The summed E-state index contributed by atoms with van der Waals surface area (Å²) >= 11 is 0. The van der Waals surface area contributed by atoms with Crippen LogP contribution in [0.4, 0.5) is 4.39 Å². The fourth-order valence-corrected chi connectivity index (χ4v) is 5.69. The molecule has 3 fully saturated rings. The summed E-state index contributed by atoms with van der Waals surface area (Å²) in [5.41, 5.74) is 0. The van der Waals surface area contributed by atoms with Crippen LogP contribution in [0.5, 0.6) is 0 Å². The summed E-state index contributed by atoms with van der Waals surface area (Å²) in [6, 6.07) is -1.23. The second kappa shape index (κ2) is 7.43. The van der Waals surface area contributed by atoms with Crippen molar-refractivity contribution >= 4 is 16.1 Å². The Kier molecular flexibility index (Phi) is 5.64. The molecule has 2 saturated carbocycles. The van der Waals surface area contributed by atoms with Gasteiger partial charge in [0.25, 0.3) is 0 Å². The third kappa shape index (κ3) is 3.82. The first-order valence-electron chi connectivity index (χ1n) is 8.58. The number of aliphatic hydroxyl groups excluding tert-OH is 1. The number of hydrogen-bond acceptors (Lipinski definition) is 6. The molecule has 1 amide bonds. The summed E-state index contributed by atoms with van der Waals surface area (Å²) in [6.07, 6.45) is -0.419. The molecule has 1 heterocycles. The zero-order valence-electron chi connectivity index (χ0n) is 14.1. The standard InChI is InChI=1S/C15H25FN2O6S/c1-23-4-5-24-10-3-2-9-6-12(19)15(14(16)11(9)7-10)18-8-13(20)17-25(18,21)22/h9-12,14-15,19H,2-8H2,1H3,(H,17,20). The van der Waals surface area contributed by atoms with Gasteiger partial charge in [0.05, 0.1) is 38.0 Å². The number of hydrogen-bond donors (Lipinski definition) is 2. The zero-order chi connectivity index (χ0) is 18.2. The van der Waals surface area contributed by atoms with Crippen LogP contribution in [0.3, 0.4) is 0 Å². The summed E-state index contributed by atoms with van der Waals surface area (Å²) in [6.45, 7) is 0.445. The van der Waals surface area contributed by atoms with Gasteiger partial charge in [-0.25, -0.2) is 9.11 Å². The Morgan fingerprint density at radius 3 is 2.72 bits per heavy atom. The van der Waals surface area contributed by atoms with Gasteiger partial charge in [-0.1, -0.05) is 0 Å². The van der Waals surface area contributed by atoms with Gasteiger partial charge in [-0.2, -0.15) is 12.7 Å². The molecule has 1 saturated heterocycles. The Labute approximate surface area is 146 Å². The van der Waals surface area contributed by atoms with E-state index in [1.54, 1.807) is 7.11 Å². The Bertz CT molecular complexity index is 603. The summed E-state index contributed by atoms with van der Waals surface area (Å²) in [4.78, 5) is 11.4. The van der Waals surface area contributed by atoms with E-state index in [2.05, 4.69) is 0 Å². The number of methoxy groups -OCH3 is 1. The predicted molar refractivity (Wildman–Crippen MR) is 85.5 cm³/mol. The number of ether oxygens (including phenoxy) is 2. The van der Waals surface area contributed by atoms with E-state index in [0.29, 0.717) is 26.1 Å². The minimum atomic E-state index is -4.08. The lowest BCUT2D eigenvalue weighted by Gasteiger charge is -2.47. The summed E-state index contributed by atoms with van der Waals surface area (Å²) in [5, 5.41) is 10.4. The van der Waals surface area contributed by atoms with Crippen LogP contribution in [-0.4, -0.2) is 75.0 Å². The van der Waals surface area contributed by atoms with Crippen molar-refractivity contribution in [2.24, 2.45) is 11.8 Å². The highest BCUT2D eigenvalue weighted by molar-refractivity contribution is 7.88. The van der Waals surface area contributed by atoms with E-state index in [9.17, 15) is 18.3 Å². The van der Waals surface area contributed by atoms with E-state index in [4.69, 9.17) is 9.47 Å². The number of halogens is 1. The maximum absolute atomic E-state index is 15.2. The number of nitrogens with one attached hydrogen (secondary N) is 1. The van der Waals surface area contributed by atoms with Gasteiger partial charge in [-0.15, -0.1) is 0 Å².